The van der Waals surface area contributed by atoms with Crippen molar-refractivity contribution in [3.8, 4) is 0 Å². The molecule has 21 heavy (non-hydrogen) atoms. The number of piperidine rings is 1. The Balaban J connectivity index is 2.24. The van der Waals surface area contributed by atoms with Crippen molar-refractivity contribution >= 4 is 26.0 Å². The molecule has 1 saturated heterocycles. The average molecular weight is 382 g/mol. The van der Waals surface area contributed by atoms with Crippen LogP contribution in [0.15, 0.2) is 21.5 Å². The fourth-order valence-electron chi connectivity index (χ4n) is 2.75. The number of sulfonamides is 1. The van der Waals surface area contributed by atoms with E-state index in [1.165, 1.54) is 4.31 Å². The third-order valence-electron chi connectivity index (χ3n) is 3.83. The van der Waals surface area contributed by atoms with Crippen LogP contribution in [0.25, 0.3) is 0 Å². The number of hydrogen-bond acceptors (Lipinski definition) is 2. The van der Waals surface area contributed by atoms with Gasteiger partial charge in [0.25, 0.3) is 0 Å². The molecule has 7 heteroatoms. The normalized spacial score (nSPS) is 18.1. The molecule has 0 aromatic heterocycles. The van der Waals surface area contributed by atoms with Crippen molar-refractivity contribution < 1.29 is 17.2 Å². The molecule has 0 atom stereocenters. The molecule has 2 rings (SSSR count). The zero-order chi connectivity index (χ0) is 15.6. The Bertz CT molecular complexity index is 590. The van der Waals surface area contributed by atoms with Gasteiger partial charge >= 0.3 is 0 Å². The summed E-state index contributed by atoms with van der Waals surface area (Å²) in [4.78, 5) is -0.474. The van der Waals surface area contributed by atoms with Crippen LogP contribution in [0.2, 0.25) is 0 Å². The summed E-state index contributed by atoms with van der Waals surface area (Å²) >= 11 is 2.95. The topological polar surface area (TPSA) is 37.4 Å². The second kappa shape index (κ2) is 6.71. The summed E-state index contributed by atoms with van der Waals surface area (Å²) in [5, 5.41) is 0. The zero-order valence-electron chi connectivity index (χ0n) is 11.8. The number of halogens is 3. The molecule has 1 heterocycles. The van der Waals surface area contributed by atoms with E-state index in [4.69, 9.17) is 0 Å². The molecule has 1 aliphatic heterocycles. The second-order valence-corrected chi connectivity index (χ2v) is 8.06. The van der Waals surface area contributed by atoms with Gasteiger partial charge in [-0.2, -0.15) is 4.31 Å². The largest absolute Gasteiger partial charge is 0.247 e. The highest BCUT2D eigenvalue weighted by atomic mass is 79.9. The highest BCUT2D eigenvalue weighted by Crippen LogP contribution is 2.32. The van der Waals surface area contributed by atoms with E-state index < -0.39 is 26.6 Å². The fourth-order valence-corrected chi connectivity index (χ4v) is 5.33. The van der Waals surface area contributed by atoms with E-state index in [1.54, 1.807) is 0 Å². The molecule has 0 radical (unpaired) electrons. The first-order valence-corrected chi connectivity index (χ1v) is 9.24. The Morgan fingerprint density at radius 1 is 1.29 bits per heavy atom. The Kier molecular flexibility index (Phi) is 5.38. The maximum absolute atomic E-state index is 13.9. The minimum atomic E-state index is -3.93. The Labute approximate surface area is 132 Å². The number of nitrogens with zero attached hydrogens (tertiary/aromatic N) is 1. The lowest BCUT2D eigenvalue weighted by Crippen LogP contribution is -2.39. The molecule has 1 fully saturated rings. The summed E-state index contributed by atoms with van der Waals surface area (Å²) in [6.45, 7) is 2.88. The smallest absolute Gasteiger partial charge is 0.207 e. The van der Waals surface area contributed by atoms with Gasteiger partial charge in [0, 0.05) is 23.6 Å². The first kappa shape index (κ1) is 16.8. The van der Waals surface area contributed by atoms with Gasteiger partial charge < -0.3 is 0 Å². The molecule has 0 bridgehead atoms. The molecular formula is C14H18BrF2NO2S. The standard InChI is InChI=1S/C14H18BrF2NO2S/c1-2-3-10-4-6-18(7-5-10)21(19,20)14-12(15)8-11(16)9-13(14)17/h8-10H,2-7H2,1H3. The molecule has 1 aliphatic rings. The Hall–Kier alpha value is -0.530. The molecular weight excluding hydrogens is 364 g/mol. The maximum Gasteiger partial charge on any atom is 0.247 e. The summed E-state index contributed by atoms with van der Waals surface area (Å²) in [5.41, 5.74) is 0. The minimum Gasteiger partial charge on any atom is -0.207 e. The van der Waals surface area contributed by atoms with Gasteiger partial charge in [-0.15, -0.1) is 0 Å². The summed E-state index contributed by atoms with van der Waals surface area (Å²) in [6, 6.07) is 1.57. The van der Waals surface area contributed by atoms with Crippen molar-refractivity contribution in [2.24, 2.45) is 5.92 Å². The van der Waals surface area contributed by atoms with E-state index in [9.17, 15) is 17.2 Å². The van der Waals surface area contributed by atoms with Crippen molar-refractivity contribution in [2.75, 3.05) is 13.1 Å². The van der Waals surface area contributed by atoms with E-state index in [1.807, 2.05) is 0 Å². The van der Waals surface area contributed by atoms with Gasteiger partial charge in [0.1, 0.15) is 16.5 Å². The molecule has 0 aliphatic carbocycles. The average Bonchev–Trinajstić information content (AvgIpc) is 2.38. The molecule has 118 valence electrons. The van der Waals surface area contributed by atoms with Crippen LogP contribution < -0.4 is 0 Å². The summed E-state index contributed by atoms with van der Waals surface area (Å²) in [6.07, 6.45) is 3.74. The quantitative estimate of drug-likeness (QED) is 0.792. The minimum absolute atomic E-state index is 0.0734. The molecule has 0 spiro atoms. The lowest BCUT2D eigenvalue weighted by Gasteiger charge is -2.31. The Morgan fingerprint density at radius 2 is 1.90 bits per heavy atom. The van der Waals surface area contributed by atoms with Gasteiger partial charge in [-0.05, 0) is 40.8 Å². The first-order valence-electron chi connectivity index (χ1n) is 7.01. The highest BCUT2D eigenvalue weighted by molar-refractivity contribution is 9.10. The van der Waals surface area contributed by atoms with Crippen LogP contribution in [0.3, 0.4) is 0 Å². The molecule has 0 amide bonds. The van der Waals surface area contributed by atoms with E-state index in [0.717, 1.165) is 31.7 Å². The van der Waals surface area contributed by atoms with Gasteiger partial charge in [-0.25, -0.2) is 17.2 Å². The molecule has 1 aromatic carbocycles. The van der Waals surface area contributed by atoms with Crippen LogP contribution in [0.5, 0.6) is 0 Å². The monoisotopic (exact) mass is 381 g/mol. The predicted octanol–water partition coefficient (Wildman–Crippen LogP) is 3.93. The zero-order valence-corrected chi connectivity index (χ0v) is 14.2. The first-order chi connectivity index (χ1) is 9.86. The predicted molar refractivity (Wildman–Crippen MR) is 80.4 cm³/mol. The van der Waals surface area contributed by atoms with Crippen molar-refractivity contribution in [3.05, 3.63) is 28.2 Å². The SMILES string of the molecule is CCCC1CCN(S(=O)(=O)c2c(F)cc(F)cc2Br)CC1. The van der Waals surface area contributed by atoms with E-state index in [-0.39, 0.29) is 4.47 Å². The third-order valence-corrected chi connectivity index (χ3v) is 6.70. The maximum atomic E-state index is 13.9. The van der Waals surface area contributed by atoms with Gasteiger partial charge in [0.15, 0.2) is 0 Å². The summed E-state index contributed by atoms with van der Waals surface area (Å²) in [5.74, 6) is -1.33. The van der Waals surface area contributed by atoms with E-state index >= 15 is 0 Å². The molecule has 3 nitrogen and oxygen atoms in total. The van der Waals surface area contributed by atoms with Gasteiger partial charge in [-0.1, -0.05) is 19.8 Å². The summed E-state index contributed by atoms with van der Waals surface area (Å²) in [7, 11) is -3.93. The van der Waals surface area contributed by atoms with Crippen LogP contribution in [0.1, 0.15) is 32.6 Å². The van der Waals surface area contributed by atoms with Gasteiger partial charge in [0.05, 0.1) is 0 Å². The lowest BCUT2D eigenvalue weighted by molar-refractivity contribution is 0.261. The number of rotatable bonds is 4. The van der Waals surface area contributed by atoms with Gasteiger partial charge in [-0.3, -0.25) is 0 Å². The molecule has 0 N–H and O–H groups in total. The van der Waals surface area contributed by atoms with Gasteiger partial charge in [0.2, 0.25) is 10.0 Å². The number of benzene rings is 1. The van der Waals surface area contributed by atoms with Crippen molar-refractivity contribution in [1.82, 2.24) is 4.31 Å². The molecule has 0 unspecified atom stereocenters. The van der Waals surface area contributed by atoms with Crippen LogP contribution >= 0.6 is 15.9 Å². The van der Waals surface area contributed by atoms with Crippen molar-refractivity contribution in [2.45, 2.75) is 37.5 Å². The molecule has 1 aromatic rings. The van der Waals surface area contributed by atoms with Crippen LogP contribution in [-0.4, -0.2) is 25.8 Å². The second-order valence-electron chi connectivity index (χ2n) is 5.33. The Morgan fingerprint density at radius 3 is 2.43 bits per heavy atom. The molecule has 0 saturated carbocycles. The number of hydrogen-bond donors (Lipinski definition) is 0. The lowest BCUT2D eigenvalue weighted by atomic mass is 9.94. The third kappa shape index (κ3) is 3.63. The van der Waals surface area contributed by atoms with Crippen LogP contribution in [-0.2, 0) is 10.0 Å². The van der Waals surface area contributed by atoms with Crippen LogP contribution in [0, 0.1) is 17.6 Å². The summed E-state index contributed by atoms with van der Waals surface area (Å²) < 4.78 is 53.3. The van der Waals surface area contributed by atoms with E-state index in [0.29, 0.717) is 25.1 Å². The van der Waals surface area contributed by atoms with Crippen molar-refractivity contribution in [1.29, 1.82) is 0 Å². The van der Waals surface area contributed by atoms with E-state index in [2.05, 4.69) is 22.9 Å². The highest BCUT2D eigenvalue weighted by Gasteiger charge is 2.33. The fraction of sp³-hybridized carbons (Fsp3) is 0.571. The van der Waals surface area contributed by atoms with Crippen molar-refractivity contribution in [3.63, 3.8) is 0 Å². The van der Waals surface area contributed by atoms with Crippen LogP contribution in [0.4, 0.5) is 8.78 Å².